The molecule has 0 fully saturated rings. The zero-order valence-corrected chi connectivity index (χ0v) is 8.93. The molecule has 0 aliphatic carbocycles. The van der Waals surface area contributed by atoms with Crippen molar-refractivity contribution in [2.75, 3.05) is 6.61 Å². The van der Waals surface area contributed by atoms with E-state index in [0.29, 0.717) is 18.7 Å². The number of ether oxygens (including phenoxy) is 1. The number of hydrogen-bond donors (Lipinski definition) is 1. The number of imidazole rings is 1. The predicted molar refractivity (Wildman–Crippen MR) is 60.6 cm³/mol. The van der Waals surface area contributed by atoms with Crippen LogP contribution in [0.15, 0.2) is 30.5 Å². The number of nitrogens with one attached hydrogen (secondary N) is 1. The number of carbonyl (C=O) groups is 1. The van der Waals surface area contributed by atoms with E-state index in [1.807, 2.05) is 31.2 Å². The summed E-state index contributed by atoms with van der Waals surface area (Å²) in [6.07, 6.45) is 2.33. The number of carbonyl (C=O) groups excluding carboxylic acids is 1. The first kappa shape index (κ1) is 10.4. The van der Waals surface area contributed by atoms with Crippen LogP contribution in [0.1, 0.15) is 17.5 Å². The Hall–Kier alpha value is -2.10. The third-order valence-electron chi connectivity index (χ3n) is 2.18. The molecule has 0 aliphatic heterocycles. The number of rotatable bonds is 4. The lowest BCUT2D eigenvalue weighted by Gasteiger charge is -2.03. The van der Waals surface area contributed by atoms with Crippen LogP contribution in [0.3, 0.4) is 0 Å². The average molecular weight is 216 g/mol. The molecule has 0 saturated carbocycles. The van der Waals surface area contributed by atoms with E-state index < -0.39 is 0 Å². The fourth-order valence-electron chi connectivity index (χ4n) is 1.44. The highest BCUT2D eigenvalue weighted by Gasteiger charge is 2.02. The van der Waals surface area contributed by atoms with Crippen molar-refractivity contribution in [2.24, 2.45) is 0 Å². The second kappa shape index (κ2) is 4.61. The van der Waals surface area contributed by atoms with Gasteiger partial charge in [-0.1, -0.05) is 0 Å². The average Bonchev–Trinajstić information content (AvgIpc) is 2.79. The molecule has 0 radical (unpaired) electrons. The van der Waals surface area contributed by atoms with E-state index in [0.717, 1.165) is 17.0 Å². The van der Waals surface area contributed by atoms with Crippen LogP contribution in [0, 0.1) is 0 Å². The monoisotopic (exact) mass is 216 g/mol. The Labute approximate surface area is 93.3 Å². The first-order valence-corrected chi connectivity index (χ1v) is 5.07. The molecule has 0 bridgehead atoms. The summed E-state index contributed by atoms with van der Waals surface area (Å²) < 4.78 is 5.34. The summed E-state index contributed by atoms with van der Waals surface area (Å²) >= 11 is 0. The number of aromatic amines is 1. The van der Waals surface area contributed by atoms with Crippen LogP contribution in [-0.2, 0) is 0 Å². The molecular formula is C12H12N2O2. The van der Waals surface area contributed by atoms with E-state index in [2.05, 4.69) is 9.97 Å². The third-order valence-corrected chi connectivity index (χ3v) is 2.18. The largest absolute Gasteiger partial charge is 0.494 e. The maximum atomic E-state index is 10.5. The Morgan fingerprint density at radius 2 is 2.12 bits per heavy atom. The minimum Gasteiger partial charge on any atom is -0.494 e. The van der Waals surface area contributed by atoms with Crippen molar-refractivity contribution in [1.82, 2.24) is 9.97 Å². The van der Waals surface area contributed by atoms with Crippen molar-refractivity contribution < 1.29 is 9.53 Å². The molecule has 16 heavy (non-hydrogen) atoms. The quantitative estimate of drug-likeness (QED) is 0.798. The van der Waals surface area contributed by atoms with Crippen molar-refractivity contribution in [3.05, 3.63) is 36.3 Å². The van der Waals surface area contributed by atoms with E-state index in [1.54, 1.807) is 6.20 Å². The smallest absolute Gasteiger partial charge is 0.185 e. The lowest BCUT2D eigenvalue weighted by Crippen LogP contribution is -1.90. The molecule has 0 spiro atoms. The standard InChI is InChI=1S/C12H12N2O2/c1-2-16-10-5-3-9(4-6-10)11-7-13-12(8-15)14-11/h3-8H,2H2,1H3,(H,13,14). The fourth-order valence-corrected chi connectivity index (χ4v) is 1.44. The fraction of sp³-hybridized carbons (Fsp3) is 0.167. The Morgan fingerprint density at radius 1 is 1.38 bits per heavy atom. The highest BCUT2D eigenvalue weighted by molar-refractivity contribution is 5.71. The molecule has 1 aromatic carbocycles. The van der Waals surface area contributed by atoms with Crippen LogP contribution < -0.4 is 4.74 Å². The van der Waals surface area contributed by atoms with E-state index >= 15 is 0 Å². The van der Waals surface area contributed by atoms with E-state index in [4.69, 9.17) is 4.74 Å². The van der Waals surface area contributed by atoms with Gasteiger partial charge in [0.2, 0.25) is 0 Å². The lowest BCUT2D eigenvalue weighted by molar-refractivity contribution is 0.111. The molecular weight excluding hydrogens is 204 g/mol. The van der Waals surface area contributed by atoms with Gasteiger partial charge in [-0.15, -0.1) is 0 Å². The molecule has 0 unspecified atom stereocenters. The van der Waals surface area contributed by atoms with Gasteiger partial charge in [0.1, 0.15) is 5.75 Å². The molecule has 2 aromatic rings. The molecule has 1 aromatic heterocycles. The van der Waals surface area contributed by atoms with Crippen LogP contribution in [-0.4, -0.2) is 22.9 Å². The minimum atomic E-state index is 0.337. The highest BCUT2D eigenvalue weighted by Crippen LogP contribution is 2.20. The van der Waals surface area contributed by atoms with Gasteiger partial charge in [-0.3, -0.25) is 4.79 Å². The summed E-state index contributed by atoms with van der Waals surface area (Å²) in [5, 5.41) is 0. The van der Waals surface area contributed by atoms with Gasteiger partial charge in [0, 0.05) is 0 Å². The van der Waals surface area contributed by atoms with E-state index in [-0.39, 0.29) is 0 Å². The summed E-state index contributed by atoms with van der Waals surface area (Å²) in [6.45, 7) is 2.60. The van der Waals surface area contributed by atoms with Gasteiger partial charge in [-0.05, 0) is 36.8 Å². The lowest BCUT2D eigenvalue weighted by atomic mass is 10.2. The Kier molecular flexibility index (Phi) is 3.00. The summed E-state index contributed by atoms with van der Waals surface area (Å²) in [7, 11) is 0. The van der Waals surface area contributed by atoms with Crippen molar-refractivity contribution in [3.8, 4) is 17.0 Å². The number of aromatic nitrogens is 2. The van der Waals surface area contributed by atoms with Crippen LogP contribution in [0.25, 0.3) is 11.3 Å². The first-order chi connectivity index (χ1) is 7.83. The zero-order valence-electron chi connectivity index (χ0n) is 8.93. The molecule has 1 heterocycles. The van der Waals surface area contributed by atoms with Crippen molar-refractivity contribution in [2.45, 2.75) is 6.92 Å². The van der Waals surface area contributed by atoms with Gasteiger partial charge in [0.25, 0.3) is 0 Å². The molecule has 0 aliphatic rings. The SMILES string of the molecule is CCOc1ccc(-c2cnc(C=O)[nH]2)cc1. The Balaban J connectivity index is 2.23. The summed E-state index contributed by atoms with van der Waals surface area (Å²) in [6, 6.07) is 7.63. The van der Waals surface area contributed by atoms with Crippen LogP contribution in [0.5, 0.6) is 5.75 Å². The maximum Gasteiger partial charge on any atom is 0.185 e. The van der Waals surface area contributed by atoms with Crippen molar-refractivity contribution >= 4 is 6.29 Å². The summed E-state index contributed by atoms with van der Waals surface area (Å²) in [4.78, 5) is 17.3. The molecule has 2 rings (SSSR count). The highest BCUT2D eigenvalue weighted by atomic mass is 16.5. The second-order valence-corrected chi connectivity index (χ2v) is 3.26. The number of nitrogens with zero attached hydrogens (tertiary/aromatic N) is 1. The molecule has 0 saturated heterocycles. The second-order valence-electron chi connectivity index (χ2n) is 3.26. The van der Waals surface area contributed by atoms with E-state index in [9.17, 15) is 4.79 Å². The maximum absolute atomic E-state index is 10.5. The number of hydrogen-bond acceptors (Lipinski definition) is 3. The zero-order chi connectivity index (χ0) is 11.4. The Morgan fingerprint density at radius 3 is 2.69 bits per heavy atom. The van der Waals surface area contributed by atoms with Crippen LogP contribution in [0.4, 0.5) is 0 Å². The van der Waals surface area contributed by atoms with Gasteiger partial charge in [0.15, 0.2) is 12.1 Å². The molecule has 0 atom stereocenters. The van der Waals surface area contributed by atoms with Gasteiger partial charge >= 0.3 is 0 Å². The number of aldehydes is 1. The number of H-pyrrole nitrogens is 1. The Bertz CT molecular complexity index is 474. The van der Waals surface area contributed by atoms with Gasteiger partial charge in [0.05, 0.1) is 18.5 Å². The first-order valence-electron chi connectivity index (χ1n) is 5.07. The van der Waals surface area contributed by atoms with Gasteiger partial charge in [-0.25, -0.2) is 4.98 Å². The van der Waals surface area contributed by atoms with Crippen molar-refractivity contribution in [1.29, 1.82) is 0 Å². The number of benzene rings is 1. The normalized spacial score (nSPS) is 10.1. The summed E-state index contributed by atoms with van der Waals surface area (Å²) in [5.41, 5.74) is 1.80. The van der Waals surface area contributed by atoms with Crippen molar-refractivity contribution in [3.63, 3.8) is 0 Å². The third kappa shape index (κ3) is 2.11. The van der Waals surface area contributed by atoms with Crippen LogP contribution >= 0.6 is 0 Å². The minimum absolute atomic E-state index is 0.337. The molecule has 82 valence electrons. The summed E-state index contributed by atoms with van der Waals surface area (Å²) in [5.74, 6) is 1.17. The predicted octanol–water partition coefficient (Wildman–Crippen LogP) is 2.29. The molecule has 4 nitrogen and oxygen atoms in total. The topological polar surface area (TPSA) is 55.0 Å². The molecule has 0 amide bonds. The molecule has 1 N–H and O–H groups in total. The van der Waals surface area contributed by atoms with Gasteiger partial charge < -0.3 is 9.72 Å². The van der Waals surface area contributed by atoms with E-state index in [1.165, 1.54) is 0 Å². The van der Waals surface area contributed by atoms with Gasteiger partial charge in [-0.2, -0.15) is 0 Å². The van der Waals surface area contributed by atoms with Crippen LogP contribution in [0.2, 0.25) is 0 Å². The molecule has 4 heteroatoms.